The smallest absolute Gasteiger partial charge is 0.222 e. The molecule has 124 valence electrons. The molecule has 1 saturated carbocycles. The van der Waals surface area contributed by atoms with Crippen molar-refractivity contribution in [3.63, 3.8) is 0 Å². The summed E-state index contributed by atoms with van der Waals surface area (Å²) in [6, 6.07) is 0.306. The molecular formula is C17H29N3O2. The first-order valence-electron chi connectivity index (χ1n) is 8.96. The van der Waals surface area contributed by atoms with Gasteiger partial charge in [0.05, 0.1) is 0 Å². The first-order chi connectivity index (χ1) is 10.7. The molecule has 22 heavy (non-hydrogen) atoms. The van der Waals surface area contributed by atoms with Crippen molar-refractivity contribution >= 4 is 11.8 Å². The summed E-state index contributed by atoms with van der Waals surface area (Å²) < 4.78 is 0. The second-order valence-corrected chi connectivity index (χ2v) is 7.22. The van der Waals surface area contributed by atoms with Gasteiger partial charge in [-0.1, -0.05) is 12.8 Å². The summed E-state index contributed by atoms with van der Waals surface area (Å²) in [4.78, 5) is 28.6. The van der Waals surface area contributed by atoms with Crippen LogP contribution in [-0.2, 0) is 9.59 Å². The fraction of sp³-hybridized carbons (Fsp3) is 0.882. The third kappa shape index (κ3) is 3.29. The quantitative estimate of drug-likeness (QED) is 0.853. The number of carbonyl (C=O) groups excluding carboxylic acids is 2. The topological polar surface area (TPSA) is 66.6 Å². The summed E-state index contributed by atoms with van der Waals surface area (Å²) >= 11 is 0. The Bertz CT molecular complexity index is 420. The molecular weight excluding hydrogens is 278 g/mol. The third-order valence-corrected chi connectivity index (χ3v) is 5.80. The second kappa shape index (κ2) is 6.99. The van der Waals surface area contributed by atoms with Crippen molar-refractivity contribution in [3.05, 3.63) is 0 Å². The number of hydrogen-bond donors (Lipinski definition) is 1. The predicted octanol–water partition coefficient (Wildman–Crippen LogP) is 1.36. The van der Waals surface area contributed by atoms with E-state index in [0.717, 1.165) is 32.4 Å². The van der Waals surface area contributed by atoms with E-state index in [4.69, 9.17) is 5.73 Å². The summed E-state index contributed by atoms with van der Waals surface area (Å²) in [5.41, 5.74) is 5.65. The van der Waals surface area contributed by atoms with Crippen LogP contribution in [0.3, 0.4) is 0 Å². The molecule has 0 aromatic carbocycles. The van der Waals surface area contributed by atoms with Gasteiger partial charge in [-0.05, 0) is 37.5 Å². The Morgan fingerprint density at radius 3 is 2.68 bits per heavy atom. The summed E-state index contributed by atoms with van der Waals surface area (Å²) in [7, 11) is 0. The van der Waals surface area contributed by atoms with Crippen LogP contribution in [0, 0.1) is 11.8 Å². The lowest BCUT2D eigenvalue weighted by Crippen LogP contribution is -2.57. The zero-order chi connectivity index (χ0) is 15.5. The molecule has 5 nitrogen and oxygen atoms in total. The Kier molecular flexibility index (Phi) is 5.01. The number of carbonyl (C=O) groups is 2. The van der Waals surface area contributed by atoms with Crippen LogP contribution in [-0.4, -0.2) is 53.8 Å². The molecule has 2 atom stereocenters. The predicted molar refractivity (Wildman–Crippen MR) is 85.1 cm³/mol. The minimum absolute atomic E-state index is 0.248. The van der Waals surface area contributed by atoms with Gasteiger partial charge in [-0.15, -0.1) is 0 Å². The molecule has 2 unspecified atom stereocenters. The van der Waals surface area contributed by atoms with Crippen LogP contribution in [0.25, 0.3) is 0 Å². The number of piperidine rings is 2. The van der Waals surface area contributed by atoms with Crippen molar-refractivity contribution in [2.45, 2.75) is 57.4 Å². The van der Waals surface area contributed by atoms with E-state index in [1.807, 2.05) is 4.90 Å². The van der Waals surface area contributed by atoms with Gasteiger partial charge in [0.2, 0.25) is 11.8 Å². The molecule has 0 aromatic heterocycles. The van der Waals surface area contributed by atoms with Gasteiger partial charge in [0.15, 0.2) is 0 Å². The first-order valence-corrected chi connectivity index (χ1v) is 8.96. The Morgan fingerprint density at radius 1 is 1.18 bits per heavy atom. The highest BCUT2D eigenvalue weighted by molar-refractivity contribution is 5.78. The van der Waals surface area contributed by atoms with Gasteiger partial charge in [0.1, 0.15) is 0 Å². The van der Waals surface area contributed by atoms with Crippen LogP contribution in [0.2, 0.25) is 0 Å². The average Bonchev–Trinajstić information content (AvgIpc) is 3.02. The second-order valence-electron chi connectivity index (χ2n) is 7.22. The average molecular weight is 307 g/mol. The SMILES string of the molecule is NCCN1C(=O)CCC2CN(C(=O)CC3CCCC3)CCC21. The van der Waals surface area contributed by atoms with Crippen molar-refractivity contribution < 1.29 is 9.59 Å². The van der Waals surface area contributed by atoms with Gasteiger partial charge in [-0.2, -0.15) is 0 Å². The van der Waals surface area contributed by atoms with E-state index in [2.05, 4.69) is 4.90 Å². The number of hydrogen-bond acceptors (Lipinski definition) is 3. The molecule has 3 aliphatic rings. The molecule has 0 radical (unpaired) electrons. The minimum Gasteiger partial charge on any atom is -0.342 e. The van der Waals surface area contributed by atoms with E-state index in [1.54, 1.807) is 0 Å². The number of rotatable bonds is 4. The fourth-order valence-corrected chi connectivity index (χ4v) is 4.60. The lowest BCUT2D eigenvalue weighted by Gasteiger charge is -2.47. The number of nitrogens with zero attached hydrogens (tertiary/aromatic N) is 2. The number of likely N-dealkylation sites (tertiary alicyclic amines) is 2. The highest BCUT2D eigenvalue weighted by atomic mass is 16.2. The summed E-state index contributed by atoms with van der Waals surface area (Å²) in [5.74, 6) is 1.66. The molecule has 3 fully saturated rings. The van der Waals surface area contributed by atoms with Crippen LogP contribution in [0.4, 0.5) is 0 Å². The van der Waals surface area contributed by atoms with Gasteiger partial charge in [0.25, 0.3) is 0 Å². The number of fused-ring (bicyclic) bond motifs is 1. The van der Waals surface area contributed by atoms with Gasteiger partial charge >= 0.3 is 0 Å². The van der Waals surface area contributed by atoms with E-state index in [9.17, 15) is 9.59 Å². The third-order valence-electron chi connectivity index (χ3n) is 5.80. The monoisotopic (exact) mass is 307 g/mol. The maximum Gasteiger partial charge on any atom is 0.222 e. The molecule has 2 heterocycles. The van der Waals surface area contributed by atoms with Crippen LogP contribution in [0.5, 0.6) is 0 Å². The minimum atomic E-state index is 0.248. The Labute approximate surface area is 133 Å². The Hall–Kier alpha value is -1.10. The van der Waals surface area contributed by atoms with Gasteiger partial charge < -0.3 is 15.5 Å². The zero-order valence-electron chi connectivity index (χ0n) is 13.5. The molecule has 2 aliphatic heterocycles. The Morgan fingerprint density at radius 2 is 1.95 bits per heavy atom. The highest BCUT2D eigenvalue weighted by Gasteiger charge is 2.40. The van der Waals surface area contributed by atoms with Crippen molar-refractivity contribution in [3.8, 4) is 0 Å². The molecule has 2 N–H and O–H groups in total. The van der Waals surface area contributed by atoms with Crippen molar-refractivity contribution in [2.24, 2.45) is 17.6 Å². The molecule has 5 heteroatoms. The lowest BCUT2D eigenvalue weighted by molar-refractivity contribution is -0.144. The van der Waals surface area contributed by atoms with Crippen molar-refractivity contribution in [2.75, 3.05) is 26.2 Å². The lowest BCUT2D eigenvalue weighted by atomic mass is 9.83. The maximum absolute atomic E-state index is 12.5. The summed E-state index contributed by atoms with van der Waals surface area (Å²) in [6.07, 6.45) is 8.24. The maximum atomic E-state index is 12.5. The normalized spacial score (nSPS) is 29.8. The summed E-state index contributed by atoms with van der Waals surface area (Å²) in [5, 5.41) is 0. The fourth-order valence-electron chi connectivity index (χ4n) is 4.60. The van der Waals surface area contributed by atoms with E-state index in [0.29, 0.717) is 43.3 Å². The number of amides is 2. The molecule has 2 amide bonds. The summed E-state index contributed by atoms with van der Waals surface area (Å²) in [6.45, 7) is 2.83. The van der Waals surface area contributed by atoms with Crippen molar-refractivity contribution in [1.29, 1.82) is 0 Å². The van der Waals surface area contributed by atoms with Gasteiger partial charge in [0, 0.05) is 45.1 Å². The van der Waals surface area contributed by atoms with Crippen molar-refractivity contribution in [1.82, 2.24) is 9.80 Å². The molecule has 1 aliphatic carbocycles. The Balaban J connectivity index is 1.56. The molecule has 2 saturated heterocycles. The van der Waals surface area contributed by atoms with E-state index >= 15 is 0 Å². The van der Waals surface area contributed by atoms with E-state index in [1.165, 1.54) is 25.7 Å². The largest absolute Gasteiger partial charge is 0.342 e. The zero-order valence-corrected chi connectivity index (χ0v) is 13.5. The van der Waals surface area contributed by atoms with Crippen LogP contribution >= 0.6 is 0 Å². The number of nitrogens with two attached hydrogens (primary N) is 1. The van der Waals surface area contributed by atoms with Crippen LogP contribution in [0.15, 0.2) is 0 Å². The molecule has 3 rings (SSSR count). The van der Waals surface area contributed by atoms with Crippen LogP contribution < -0.4 is 5.73 Å². The van der Waals surface area contributed by atoms with E-state index in [-0.39, 0.29) is 5.91 Å². The first kappa shape index (κ1) is 15.8. The highest BCUT2D eigenvalue weighted by Crippen LogP contribution is 2.33. The molecule has 0 aromatic rings. The van der Waals surface area contributed by atoms with Gasteiger partial charge in [-0.3, -0.25) is 9.59 Å². The van der Waals surface area contributed by atoms with Gasteiger partial charge in [-0.25, -0.2) is 0 Å². The van der Waals surface area contributed by atoms with E-state index < -0.39 is 0 Å². The standard InChI is InChI=1S/C17H29N3O2/c18-8-10-20-15-7-9-19(12-14(15)5-6-16(20)21)17(22)11-13-3-1-2-4-13/h13-15H,1-12,18H2. The van der Waals surface area contributed by atoms with Crippen LogP contribution in [0.1, 0.15) is 51.4 Å². The molecule has 0 bridgehead atoms. The molecule has 0 spiro atoms.